The highest BCUT2D eigenvalue weighted by Crippen LogP contribution is 2.24. The third-order valence-electron chi connectivity index (χ3n) is 3.53. The Morgan fingerprint density at radius 2 is 1.68 bits per heavy atom. The molecule has 0 aromatic heterocycles. The number of benzene rings is 2. The summed E-state index contributed by atoms with van der Waals surface area (Å²) >= 11 is 6.43. The maximum absolute atomic E-state index is 6.43. The lowest BCUT2D eigenvalue weighted by molar-refractivity contribution is 0.340. The van der Waals surface area contributed by atoms with E-state index in [4.69, 9.17) is 16.3 Å². The summed E-state index contributed by atoms with van der Waals surface area (Å²) in [6.45, 7) is 4.87. The number of unbranched alkanes of at least 4 members (excludes halogenated alkanes) is 1. The summed E-state index contributed by atoms with van der Waals surface area (Å²) in [5.74, 6) is 0.885. The van der Waals surface area contributed by atoms with Crippen LogP contribution in [-0.4, -0.2) is 6.61 Å². The quantitative estimate of drug-likeness (QED) is 0.556. The van der Waals surface area contributed by atoms with E-state index in [0.717, 1.165) is 28.3 Å². The van der Waals surface area contributed by atoms with E-state index < -0.39 is 0 Å². The molecule has 2 aromatic rings. The largest absolute Gasteiger partial charge is 0.494 e. The summed E-state index contributed by atoms with van der Waals surface area (Å²) in [6.07, 6.45) is 5.57. The Balaban J connectivity index is 2.07. The van der Waals surface area contributed by atoms with Crippen LogP contribution in [0.25, 0.3) is 11.1 Å². The molecule has 0 unspecified atom stereocenters. The number of hydrogen-bond acceptors (Lipinski definition) is 1. The molecular formula is C20H23ClO. The molecule has 22 heavy (non-hydrogen) atoms. The average molecular weight is 315 g/mol. The van der Waals surface area contributed by atoms with Gasteiger partial charge in [0.05, 0.1) is 6.61 Å². The zero-order chi connectivity index (χ0) is 15.8. The molecule has 2 heteroatoms. The lowest BCUT2D eigenvalue weighted by Gasteiger charge is -2.05. The van der Waals surface area contributed by atoms with Crippen molar-refractivity contribution < 1.29 is 4.74 Å². The van der Waals surface area contributed by atoms with Crippen LogP contribution < -0.4 is 4.74 Å². The molecule has 0 radical (unpaired) electrons. The highest BCUT2D eigenvalue weighted by Gasteiger charge is 2.00. The van der Waals surface area contributed by atoms with Crippen molar-refractivity contribution in [2.75, 3.05) is 6.61 Å². The number of hydrogen-bond donors (Lipinski definition) is 0. The van der Waals surface area contributed by atoms with Gasteiger partial charge in [-0.3, -0.25) is 0 Å². The van der Waals surface area contributed by atoms with E-state index in [-0.39, 0.29) is 0 Å². The van der Waals surface area contributed by atoms with Gasteiger partial charge in [-0.2, -0.15) is 0 Å². The molecule has 0 amide bonds. The molecule has 0 fully saturated rings. The van der Waals surface area contributed by atoms with E-state index in [2.05, 4.69) is 31.2 Å². The molecular weight excluding hydrogens is 292 g/mol. The van der Waals surface area contributed by atoms with Crippen LogP contribution in [0.3, 0.4) is 0 Å². The van der Waals surface area contributed by atoms with Gasteiger partial charge in [-0.1, -0.05) is 61.3 Å². The third kappa shape index (κ3) is 4.92. The van der Waals surface area contributed by atoms with Crippen molar-refractivity contribution in [3.63, 3.8) is 0 Å². The van der Waals surface area contributed by atoms with Gasteiger partial charge in [-0.05, 0) is 54.7 Å². The molecule has 0 saturated carbocycles. The molecule has 2 aromatic carbocycles. The maximum Gasteiger partial charge on any atom is 0.119 e. The molecule has 0 aliphatic rings. The van der Waals surface area contributed by atoms with Gasteiger partial charge in [0.2, 0.25) is 0 Å². The van der Waals surface area contributed by atoms with E-state index in [1.165, 1.54) is 18.4 Å². The molecule has 0 atom stereocenters. The van der Waals surface area contributed by atoms with Crippen LogP contribution >= 0.6 is 11.6 Å². The van der Waals surface area contributed by atoms with E-state index in [1.54, 1.807) is 0 Å². The van der Waals surface area contributed by atoms with Gasteiger partial charge in [0.1, 0.15) is 5.75 Å². The monoisotopic (exact) mass is 314 g/mol. The lowest BCUT2D eigenvalue weighted by atomic mass is 10.1. The van der Waals surface area contributed by atoms with E-state index in [9.17, 15) is 0 Å². The second kappa shape index (κ2) is 8.65. The summed E-state index contributed by atoms with van der Waals surface area (Å²) in [5, 5.41) is 0.756. The number of ether oxygens (including phenoxy) is 1. The predicted molar refractivity (Wildman–Crippen MR) is 96.4 cm³/mol. The first-order valence-corrected chi connectivity index (χ1v) is 8.30. The fourth-order valence-corrected chi connectivity index (χ4v) is 2.52. The van der Waals surface area contributed by atoms with Gasteiger partial charge in [0.15, 0.2) is 0 Å². The third-order valence-corrected chi connectivity index (χ3v) is 3.86. The minimum Gasteiger partial charge on any atom is -0.494 e. The molecule has 1 nitrogen and oxygen atoms in total. The van der Waals surface area contributed by atoms with Crippen LogP contribution in [0.2, 0.25) is 0 Å². The first kappa shape index (κ1) is 16.6. The zero-order valence-corrected chi connectivity index (χ0v) is 14.1. The van der Waals surface area contributed by atoms with Crippen LogP contribution in [0.4, 0.5) is 0 Å². The SMILES string of the molecule is CCCCc1ccc(/C(Cl)=C\c2ccc(OCC)cc2)cc1. The summed E-state index contributed by atoms with van der Waals surface area (Å²) < 4.78 is 5.44. The molecule has 0 saturated heterocycles. The summed E-state index contributed by atoms with van der Waals surface area (Å²) in [5.41, 5.74) is 3.50. The molecule has 0 heterocycles. The van der Waals surface area contributed by atoms with Crippen molar-refractivity contribution >= 4 is 22.7 Å². The molecule has 0 N–H and O–H groups in total. The predicted octanol–water partition coefficient (Wildman–Crippen LogP) is 6.16. The first-order chi connectivity index (χ1) is 10.7. The molecule has 0 spiro atoms. The second-order valence-corrected chi connectivity index (χ2v) is 5.70. The molecule has 0 bridgehead atoms. The second-order valence-electron chi connectivity index (χ2n) is 5.29. The van der Waals surface area contributed by atoms with E-state index in [0.29, 0.717) is 6.61 Å². The van der Waals surface area contributed by atoms with Crippen molar-refractivity contribution in [2.24, 2.45) is 0 Å². The summed E-state index contributed by atoms with van der Waals surface area (Å²) in [4.78, 5) is 0. The summed E-state index contributed by atoms with van der Waals surface area (Å²) in [7, 11) is 0. The Bertz CT molecular complexity index is 597. The molecule has 116 valence electrons. The fraction of sp³-hybridized carbons (Fsp3) is 0.300. The first-order valence-electron chi connectivity index (χ1n) is 7.92. The van der Waals surface area contributed by atoms with Crippen molar-refractivity contribution in [3.8, 4) is 5.75 Å². The van der Waals surface area contributed by atoms with E-state index in [1.807, 2.05) is 37.3 Å². The van der Waals surface area contributed by atoms with Crippen molar-refractivity contribution in [1.29, 1.82) is 0 Å². The topological polar surface area (TPSA) is 9.23 Å². The van der Waals surface area contributed by atoms with Crippen molar-refractivity contribution in [3.05, 3.63) is 65.2 Å². The Morgan fingerprint density at radius 1 is 1.00 bits per heavy atom. The lowest BCUT2D eigenvalue weighted by Crippen LogP contribution is -1.90. The van der Waals surface area contributed by atoms with Crippen LogP contribution in [0.5, 0.6) is 5.75 Å². The highest BCUT2D eigenvalue weighted by molar-refractivity contribution is 6.51. The normalized spacial score (nSPS) is 11.5. The maximum atomic E-state index is 6.43. The smallest absolute Gasteiger partial charge is 0.119 e. The van der Waals surface area contributed by atoms with Crippen molar-refractivity contribution in [2.45, 2.75) is 33.1 Å². The zero-order valence-electron chi connectivity index (χ0n) is 13.3. The minimum atomic E-state index is 0.681. The van der Waals surface area contributed by atoms with Gasteiger partial charge >= 0.3 is 0 Å². The Morgan fingerprint density at radius 3 is 2.27 bits per heavy atom. The Kier molecular flexibility index (Phi) is 6.54. The summed E-state index contributed by atoms with van der Waals surface area (Å²) in [6, 6.07) is 16.5. The van der Waals surface area contributed by atoms with Gasteiger partial charge in [0, 0.05) is 5.03 Å². The highest BCUT2D eigenvalue weighted by atomic mass is 35.5. The number of aryl methyl sites for hydroxylation is 1. The molecule has 0 aliphatic heterocycles. The Labute approximate surface area is 138 Å². The van der Waals surface area contributed by atoms with Crippen LogP contribution in [0.1, 0.15) is 43.4 Å². The van der Waals surface area contributed by atoms with Gasteiger partial charge in [-0.25, -0.2) is 0 Å². The number of halogens is 1. The number of rotatable bonds is 7. The van der Waals surface area contributed by atoms with Crippen LogP contribution in [0, 0.1) is 0 Å². The van der Waals surface area contributed by atoms with Gasteiger partial charge in [-0.15, -0.1) is 0 Å². The fourth-order valence-electron chi connectivity index (χ4n) is 2.27. The Hall–Kier alpha value is -1.73. The van der Waals surface area contributed by atoms with Crippen LogP contribution in [0.15, 0.2) is 48.5 Å². The molecule has 2 rings (SSSR count). The van der Waals surface area contributed by atoms with E-state index >= 15 is 0 Å². The minimum absolute atomic E-state index is 0.681. The van der Waals surface area contributed by atoms with Crippen molar-refractivity contribution in [1.82, 2.24) is 0 Å². The van der Waals surface area contributed by atoms with Gasteiger partial charge < -0.3 is 4.74 Å². The van der Waals surface area contributed by atoms with Crippen LogP contribution in [-0.2, 0) is 6.42 Å². The average Bonchev–Trinajstić information content (AvgIpc) is 2.55. The molecule has 0 aliphatic carbocycles. The van der Waals surface area contributed by atoms with Gasteiger partial charge in [0.25, 0.3) is 0 Å². The standard InChI is InChI=1S/C20H23ClO/c1-3-5-6-16-7-11-18(12-8-16)20(21)15-17-9-13-19(14-10-17)22-4-2/h7-15H,3-6H2,1-2H3/b20-15+.